The molecule has 1 saturated carbocycles. The Labute approximate surface area is 187 Å². The molecule has 0 radical (unpaired) electrons. The number of anilines is 1. The van der Waals surface area contributed by atoms with Crippen molar-refractivity contribution in [2.24, 2.45) is 0 Å². The van der Waals surface area contributed by atoms with E-state index in [0.717, 1.165) is 30.5 Å². The van der Waals surface area contributed by atoms with Gasteiger partial charge in [0, 0.05) is 31.4 Å². The van der Waals surface area contributed by atoms with E-state index in [4.69, 9.17) is 16.6 Å². The second-order valence-corrected chi connectivity index (χ2v) is 8.65. The summed E-state index contributed by atoms with van der Waals surface area (Å²) in [5, 5.41) is 4.51. The van der Waals surface area contributed by atoms with Crippen LogP contribution in [-0.2, 0) is 13.1 Å². The van der Waals surface area contributed by atoms with Gasteiger partial charge in [-0.1, -0.05) is 44.2 Å². The number of thiocarbonyl (C=S) groups is 1. The van der Waals surface area contributed by atoms with Gasteiger partial charge in [-0.25, -0.2) is 0 Å². The number of rotatable bonds is 8. The maximum atomic E-state index is 5.88. The van der Waals surface area contributed by atoms with Crippen molar-refractivity contribution >= 4 is 23.0 Å². The van der Waals surface area contributed by atoms with Crippen molar-refractivity contribution in [1.82, 2.24) is 10.2 Å². The van der Waals surface area contributed by atoms with Crippen LogP contribution >= 0.6 is 12.2 Å². The molecule has 2 aromatic rings. The molecular weight excluding hydrogens is 390 g/mol. The SMILES string of the molecule is CCN(CC)c1ccc(CN(Cc2ccco2)C(=S)NC2CCCCCCC2)cc1. The second-order valence-electron chi connectivity index (χ2n) is 8.27. The Kier molecular flexibility index (Phi) is 9.06. The van der Waals surface area contributed by atoms with E-state index in [2.05, 4.69) is 53.2 Å². The van der Waals surface area contributed by atoms with E-state index >= 15 is 0 Å². The molecule has 1 aliphatic carbocycles. The standard InChI is InChI=1S/C25H37N3OS/c1-3-27(4-2)23-16-14-21(15-17-23)19-28(20-24-13-10-18-29-24)25(30)26-22-11-8-6-5-7-9-12-22/h10,13-18,22H,3-9,11-12,19-20H2,1-2H3,(H,26,30). The van der Waals surface area contributed by atoms with Crippen LogP contribution in [0.4, 0.5) is 5.69 Å². The van der Waals surface area contributed by atoms with E-state index in [9.17, 15) is 0 Å². The van der Waals surface area contributed by atoms with Crippen molar-refractivity contribution in [1.29, 1.82) is 0 Å². The average Bonchev–Trinajstić information content (AvgIpc) is 3.24. The summed E-state index contributed by atoms with van der Waals surface area (Å²) < 4.78 is 5.62. The fourth-order valence-electron chi connectivity index (χ4n) is 4.28. The van der Waals surface area contributed by atoms with E-state index in [-0.39, 0.29) is 0 Å². The molecule has 0 atom stereocenters. The monoisotopic (exact) mass is 427 g/mol. The summed E-state index contributed by atoms with van der Waals surface area (Å²) in [6.45, 7) is 7.90. The predicted molar refractivity (Wildman–Crippen MR) is 130 cm³/mol. The number of nitrogens with one attached hydrogen (secondary N) is 1. The number of furan rings is 1. The number of nitrogens with zero attached hydrogens (tertiary/aromatic N) is 2. The lowest BCUT2D eigenvalue weighted by Gasteiger charge is -2.30. The lowest BCUT2D eigenvalue weighted by Crippen LogP contribution is -2.44. The number of benzene rings is 1. The summed E-state index contributed by atoms with van der Waals surface area (Å²) in [5.41, 5.74) is 2.54. The molecule has 1 aromatic heterocycles. The van der Waals surface area contributed by atoms with Crippen molar-refractivity contribution in [3.8, 4) is 0 Å². The van der Waals surface area contributed by atoms with Crippen LogP contribution in [0.15, 0.2) is 47.1 Å². The van der Waals surface area contributed by atoms with Gasteiger partial charge in [-0.3, -0.25) is 0 Å². The molecule has 164 valence electrons. The molecule has 5 heteroatoms. The minimum Gasteiger partial charge on any atom is -0.467 e. The van der Waals surface area contributed by atoms with Gasteiger partial charge in [0.25, 0.3) is 0 Å². The van der Waals surface area contributed by atoms with Gasteiger partial charge in [0.05, 0.1) is 12.8 Å². The quantitative estimate of drug-likeness (QED) is 0.513. The van der Waals surface area contributed by atoms with Crippen molar-refractivity contribution in [2.45, 2.75) is 77.9 Å². The van der Waals surface area contributed by atoms with Crippen LogP contribution in [0.1, 0.15) is 70.1 Å². The molecule has 0 saturated heterocycles. The summed E-state index contributed by atoms with van der Waals surface area (Å²) in [4.78, 5) is 4.60. The predicted octanol–water partition coefficient (Wildman–Crippen LogP) is 6.12. The fourth-order valence-corrected chi connectivity index (χ4v) is 4.57. The van der Waals surface area contributed by atoms with Crippen LogP contribution < -0.4 is 10.2 Å². The van der Waals surface area contributed by atoms with Gasteiger partial charge in [0.2, 0.25) is 0 Å². The third kappa shape index (κ3) is 6.76. The Bertz CT molecular complexity index is 732. The Morgan fingerprint density at radius 3 is 2.23 bits per heavy atom. The first kappa shape index (κ1) is 22.7. The minimum atomic E-state index is 0.488. The summed E-state index contributed by atoms with van der Waals surface area (Å²) >= 11 is 5.88. The van der Waals surface area contributed by atoms with E-state index in [1.165, 1.54) is 56.2 Å². The van der Waals surface area contributed by atoms with E-state index in [0.29, 0.717) is 12.6 Å². The molecule has 1 aromatic carbocycles. The maximum absolute atomic E-state index is 5.88. The molecule has 0 aliphatic heterocycles. The van der Waals surface area contributed by atoms with E-state index < -0.39 is 0 Å². The van der Waals surface area contributed by atoms with Gasteiger partial charge in [0.1, 0.15) is 5.76 Å². The first-order valence-electron chi connectivity index (χ1n) is 11.6. The lowest BCUT2D eigenvalue weighted by atomic mass is 9.97. The van der Waals surface area contributed by atoms with E-state index in [1.54, 1.807) is 6.26 Å². The maximum Gasteiger partial charge on any atom is 0.169 e. The highest BCUT2D eigenvalue weighted by atomic mass is 32.1. The first-order chi connectivity index (χ1) is 14.7. The summed E-state index contributed by atoms with van der Waals surface area (Å²) in [7, 11) is 0. The Balaban J connectivity index is 1.67. The lowest BCUT2D eigenvalue weighted by molar-refractivity contribution is 0.338. The van der Waals surface area contributed by atoms with Crippen LogP contribution in [0.25, 0.3) is 0 Å². The third-order valence-electron chi connectivity index (χ3n) is 6.09. The molecule has 0 unspecified atom stereocenters. The zero-order valence-corrected chi connectivity index (χ0v) is 19.4. The Morgan fingerprint density at radius 2 is 1.63 bits per heavy atom. The Hall–Kier alpha value is -2.01. The molecule has 1 N–H and O–H groups in total. The van der Waals surface area contributed by atoms with Crippen LogP contribution in [0, 0.1) is 0 Å². The molecular formula is C25H37N3OS. The molecule has 0 bridgehead atoms. The minimum absolute atomic E-state index is 0.488. The van der Waals surface area contributed by atoms with Crippen LogP contribution in [0.5, 0.6) is 0 Å². The summed E-state index contributed by atoms with van der Waals surface area (Å²) in [6.07, 6.45) is 10.8. The smallest absolute Gasteiger partial charge is 0.169 e. The zero-order chi connectivity index (χ0) is 21.2. The Morgan fingerprint density at radius 1 is 0.967 bits per heavy atom. The van der Waals surface area contributed by atoms with Crippen LogP contribution in [0.2, 0.25) is 0 Å². The molecule has 1 heterocycles. The highest BCUT2D eigenvalue weighted by Gasteiger charge is 2.18. The van der Waals surface area contributed by atoms with Crippen molar-refractivity contribution in [3.63, 3.8) is 0 Å². The highest BCUT2D eigenvalue weighted by molar-refractivity contribution is 7.80. The van der Waals surface area contributed by atoms with Gasteiger partial charge >= 0.3 is 0 Å². The van der Waals surface area contributed by atoms with Gasteiger partial charge in [-0.15, -0.1) is 0 Å². The average molecular weight is 428 g/mol. The third-order valence-corrected chi connectivity index (χ3v) is 6.46. The molecule has 1 aliphatic rings. The zero-order valence-electron chi connectivity index (χ0n) is 18.6. The molecule has 0 amide bonds. The number of hydrogen-bond donors (Lipinski definition) is 1. The van der Waals surface area contributed by atoms with Crippen LogP contribution in [0.3, 0.4) is 0 Å². The fraction of sp³-hybridized carbons (Fsp3) is 0.560. The summed E-state index contributed by atoms with van der Waals surface area (Å²) in [5.74, 6) is 0.941. The van der Waals surface area contributed by atoms with Gasteiger partial charge in [0.15, 0.2) is 5.11 Å². The van der Waals surface area contributed by atoms with Crippen molar-refractivity contribution < 1.29 is 4.42 Å². The second kappa shape index (κ2) is 12.0. The number of hydrogen-bond acceptors (Lipinski definition) is 3. The molecule has 30 heavy (non-hydrogen) atoms. The summed E-state index contributed by atoms with van der Waals surface area (Å²) in [6, 6.07) is 13.3. The highest BCUT2D eigenvalue weighted by Crippen LogP contribution is 2.20. The van der Waals surface area contributed by atoms with Crippen LogP contribution in [-0.4, -0.2) is 29.1 Å². The molecule has 3 rings (SSSR count). The van der Waals surface area contributed by atoms with Gasteiger partial charge in [-0.2, -0.15) is 0 Å². The molecule has 1 fully saturated rings. The first-order valence-corrected chi connectivity index (χ1v) is 12.0. The van der Waals surface area contributed by atoms with Crippen molar-refractivity contribution in [2.75, 3.05) is 18.0 Å². The molecule has 0 spiro atoms. The van der Waals surface area contributed by atoms with Gasteiger partial charge in [-0.05, 0) is 68.7 Å². The van der Waals surface area contributed by atoms with Gasteiger partial charge < -0.3 is 19.5 Å². The largest absolute Gasteiger partial charge is 0.467 e. The molecule has 4 nitrogen and oxygen atoms in total. The topological polar surface area (TPSA) is 31.6 Å². The van der Waals surface area contributed by atoms with E-state index in [1.807, 2.05) is 12.1 Å². The van der Waals surface area contributed by atoms with Crippen molar-refractivity contribution in [3.05, 3.63) is 54.0 Å². The normalized spacial score (nSPS) is 15.3.